The zero-order chi connectivity index (χ0) is 36.8. The van der Waals surface area contributed by atoms with Crippen LogP contribution in [0.1, 0.15) is 23.6 Å². The molecule has 0 aliphatic heterocycles. The minimum absolute atomic E-state index is 0.294. The Morgan fingerprint density at radius 3 is 1.64 bits per heavy atom. The van der Waals surface area contributed by atoms with Crippen molar-refractivity contribution in [3.63, 3.8) is 0 Å². The lowest BCUT2D eigenvalue weighted by Gasteiger charge is -2.31. The van der Waals surface area contributed by atoms with Gasteiger partial charge in [0.1, 0.15) is 0 Å². The smallest absolute Gasteiger partial charge is 0.0543 e. The van der Waals surface area contributed by atoms with E-state index in [1.54, 1.807) is 0 Å². The molecule has 0 aromatic heterocycles. The number of hydrogen-bond acceptors (Lipinski definition) is 1. The fourth-order valence-electron chi connectivity index (χ4n) is 8.70. The minimum atomic E-state index is -0.294. The molecule has 9 aromatic carbocycles. The second-order valence-electron chi connectivity index (χ2n) is 14.7. The highest BCUT2D eigenvalue weighted by molar-refractivity contribution is 5.97. The molecule has 55 heavy (non-hydrogen) atoms. The summed E-state index contributed by atoms with van der Waals surface area (Å²) in [7, 11) is 0. The van der Waals surface area contributed by atoms with Gasteiger partial charge in [0.25, 0.3) is 0 Å². The molecule has 0 N–H and O–H groups in total. The van der Waals surface area contributed by atoms with E-state index >= 15 is 0 Å². The summed E-state index contributed by atoms with van der Waals surface area (Å²) in [6.45, 7) is 2.39. The predicted octanol–water partition coefficient (Wildman–Crippen LogP) is 14.6. The fraction of sp³-hybridized carbons (Fsp3) is 0.0370. The van der Waals surface area contributed by atoms with E-state index in [-0.39, 0.29) is 5.41 Å². The number of nitrogens with zero attached hydrogens (tertiary/aromatic N) is 1. The first-order valence-corrected chi connectivity index (χ1v) is 19.1. The Kier molecular flexibility index (Phi) is 8.00. The third kappa shape index (κ3) is 5.64. The first-order valence-electron chi connectivity index (χ1n) is 19.1. The number of fused-ring (bicyclic) bond motifs is 4. The largest absolute Gasteiger partial charge is 0.310 e. The van der Waals surface area contributed by atoms with Gasteiger partial charge in [0.2, 0.25) is 0 Å². The van der Waals surface area contributed by atoms with Crippen molar-refractivity contribution >= 4 is 27.8 Å². The van der Waals surface area contributed by atoms with Crippen LogP contribution in [0.15, 0.2) is 218 Å². The highest BCUT2D eigenvalue weighted by atomic mass is 15.1. The van der Waals surface area contributed by atoms with Crippen molar-refractivity contribution in [2.75, 3.05) is 4.90 Å². The number of hydrogen-bond donors (Lipinski definition) is 0. The van der Waals surface area contributed by atoms with Crippen LogP contribution in [0.2, 0.25) is 0 Å². The Morgan fingerprint density at radius 1 is 0.345 bits per heavy atom. The molecule has 1 nitrogen and oxygen atoms in total. The molecular formula is C54H39N. The van der Waals surface area contributed by atoms with E-state index < -0.39 is 0 Å². The van der Waals surface area contributed by atoms with Crippen LogP contribution in [0.3, 0.4) is 0 Å². The van der Waals surface area contributed by atoms with Crippen molar-refractivity contribution in [1.29, 1.82) is 0 Å². The molecule has 1 aliphatic carbocycles. The first kappa shape index (κ1) is 32.7. The Morgan fingerprint density at radius 2 is 0.873 bits per heavy atom. The van der Waals surface area contributed by atoms with Gasteiger partial charge in [-0.15, -0.1) is 0 Å². The molecule has 1 unspecified atom stereocenters. The molecule has 0 heterocycles. The maximum Gasteiger partial charge on any atom is 0.0543 e. The summed E-state index contributed by atoms with van der Waals surface area (Å²) in [6, 6.07) is 79.7. The van der Waals surface area contributed by atoms with Gasteiger partial charge in [-0.1, -0.05) is 182 Å². The molecule has 0 bridgehead atoms. The number of rotatable bonds is 7. The maximum atomic E-state index is 2.46. The first-order chi connectivity index (χ1) is 27.1. The van der Waals surface area contributed by atoms with Crippen molar-refractivity contribution in [3.05, 3.63) is 235 Å². The second-order valence-corrected chi connectivity index (χ2v) is 14.7. The van der Waals surface area contributed by atoms with E-state index in [1.165, 1.54) is 77.7 Å². The lowest BCUT2D eigenvalue weighted by molar-refractivity contribution is 0.714. The van der Waals surface area contributed by atoms with Crippen molar-refractivity contribution in [2.24, 2.45) is 0 Å². The van der Waals surface area contributed by atoms with Gasteiger partial charge in [0, 0.05) is 22.4 Å². The van der Waals surface area contributed by atoms with Gasteiger partial charge in [0.15, 0.2) is 0 Å². The Labute approximate surface area is 323 Å². The molecule has 260 valence electrons. The Balaban J connectivity index is 1.13. The molecule has 9 aromatic rings. The molecule has 1 atom stereocenters. The van der Waals surface area contributed by atoms with Gasteiger partial charge in [-0.2, -0.15) is 0 Å². The summed E-state index contributed by atoms with van der Waals surface area (Å²) in [5, 5.41) is 2.50. The van der Waals surface area contributed by atoms with Crippen molar-refractivity contribution < 1.29 is 0 Å². The molecule has 1 heteroatoms. The summed E-state index contributed by atoms with van der Waals surface area (Å²) in [5.74, 6) is 0. The summed E-state index contributed by atoms with van der Waals surface area (Å²) in [4.78, 5) is 2.46. The van der Waals surface area contributed by atoms with Crippen LogP contribution in [0.25, 0.3) is 55.3 Å². The van der Waals surface area contributed by atoms with Gasteiger partial charge in [-0.3, -0.25) is 0 Å². The molecule has 0 amide bonds. The highest BCUT2D eigenvalue weighted by Crippen LogP contribution is 2.56. The second kappa shape index (κ2) is 13.5. The summed E-state index contributed by atoms with van der Waals surface area (Å²) < 4.78 is 0. The minimum Gasteiger partial charge on any atom is -0.310 e. The molecule has 0 saturated heterocycles. The van der Waals surface area contributed by atoms with Gasteiger partial charge in [-0.05, 0) is 110 Å². The van der Waals surface area contributed by atoms with Crippen LogP contribution in [0.5, 0.6) is 0 Å². The van der Waals surface area contributed by atoms with E-state index in [4.69, 9.17) is 0 Å². The molecule has 0 fully saturated rings. The Bertz CT molecular complexity index is 2800. The van der Waals surface area contributed by atoms with Crippen molar-refractivity contribution in [3.8, 4) is 44.5 Å². The summed E-state index contributed by atoms with van der Waals surface area (Å²) in [5.41, 5.74) is 16.8. The van der Waals surface area contributed by atoms with Crippen molar-refractivity contribution in [2.45, 2.75) is 12.3 Å². The zero-order valence-electron chi connectivity index (χ0n) is 30.7. The van der Waals surface area contributed by atoms with E-state index in [9.17, 15) is 0 Å². The number of benzene rings is 9. The van der Waals surface area contributed by atoms with E-state index in [0.29, 0.717) is 0 Å². The van der Waals surface area contributed by atoms with E-state index in [2.05, 4.69) is 230 Å². The van der Waals surface area contributed by atoms with Crippen LogP contribution in [-0.2, 0) is 5.41 Å². The van der Waals surface area contributed by atoms with Crippen LogP contribution in [0.4, 0.5) is 17.1 Å². The normalized spacial score (nSPS) is 14.3. The summed E-state index contributed by atoms with van der Waals surface area (Å²) >= 11 is 0. The van der Waals surface area contributed by atoms with Crippen LogP contribution in [0, 0.1) is 0 Å². The third-order valence-corrected chi connectivity index (χ3v) is 11.5. The fourth-order valence-corrected chi connectivity index (χ4v) is 8.70. The van der Waals surface area contributed by atoms with Crippen LogP contribution in [-0.4, -0.2) is 0 Å². The molecular weight excluding hydrogens is 663 g/mol. The molecule has 1 aliphatic rings. The standard InChI is InChI=1S/C54H39N/c1-54(46-19-6-3-7-20-46)50-23-11-10-22-49(50)53-51(54)24-13-25-52(53)55(47-34-32-42(33-35-47)45-31-30-39-16-8-9-17-43(39)36-45)48-21-12-18-44(37-48)41-28-26-40(27-29-41)38-14-4-2-5-15-38/h2-37H,1H3. The van der Waals surface area contributed by atoms with Crippen LogP contribution < -0.4 is 4.90 Å². The third-order valence-electron chi connectivity index (χ3n) is 11.5. The van der Waals surface area contributed by atoms with Gasteiger partial charge in [0.05, 0.1) is 5.69 Å². The molecule has 0 radical (unpaired) electrons. The highest BCUT2D eigenvalue weighted by Gasteiger charge is 2.42. The topological polar surface area (TPSA) is 3.24 Å². The SMILES string of the molecule is CC1(c2ccccc2)c2ccccc2-c2c(N(c3ccc(-c4ccc5ccccc5c4)cc3)c3cccc(-c4ccc(-c5ccccc5)cc4)c3)cccc21. The Hall–Kier alpha value is -6.96. The van der Waals surface area contributed by atoms with E-state index in [0.717, 1.165) is 11.4 Å². The lowest BCUT2D eigenvalue weighted by atomic mass is 9.74. The number of anilines is 3. The van der Waals surface area contributed by atoms with Gasteiger partial charge >= 0.3 is 0 Å². The molecule has 0 spiro atoms. The van der Waals surface area contributed by atoms with Gasteiger partial charge in [-0.25, -0.2) is 0 Å². The average Bonchev–Trinajstić information content (AvgIpc) is 3.54. The predicted molar refractivity (Wildman–Crippen MR) is 232 cm³/mol. The molecule has 0 saturated carbocycles. The monoisotopic (exact) mass is 701 g/mol. The zero-order valence-corrected chi connectivity index (χ0v) is 30.7. The van der Waals surface area contributed by atoms with Gasteiger partial charge < -0.3 is 4.90 Å². The average molecular weight is 702 g/mol. The molecule has 10 rings (SSSR count). The quantitative estimate of drug-likeness (QED) is 0.160. The maximum absolute atomic E-state index is 2.46. The summed E-state index contributed by atoms with van der Waals surface area (Å²) in [6.07, 6.45) is 0. The van der Waals surface area contributed by atoms with Crippen LogP contribution >= 0.6 is 0 Å². The van der Waals surface area contributed by atoms with E-state index in [1.807, 2.05) is 0 Å². The lowest BCUT2D eigenvalue weighted by Crippen LogP contribution is -2.22. The van der Waals surface area contributed by atoms with Crippen molar-refractivity contribution in [1.82, 2.24) is 0 Å².